The fourth-order valence-corrected chi connectivity index (χ4v) is 3.46. The van der Waals surface area contributed by atoms with Crippen molar-refractivity contribution in [2.24, 2.45) is 0 Å². The zero-order valence-corrected chi connectivity index (χ0v) is 12.4. The first-order valence-electron chi connectivity index (χ1n) is 8.44. The number of ether oxygens (including phenoxy) is 4. The molecular weight excluding hydrogens is 256 g/mol. The van der Waals surface area contributed by atoms with Crippen molar-refractivity contribution in [3.63, 3.8) is 0 Å². The Morgan fingerprint density at radius 2 is 0.950 bits per heavy atom. The van der Waals surface area contributed by atoms with Crippen molar-refractivity contribution in [2.75, 3.05) is 13.2 Å². The molecule has 0 aromatic carbocycles. The lowest BCUT2D eigenvalue weighted by molar-refractivity contribution is -0.309. The average Bonchev–Trinajstić information content (AvgIpc) is 2.51. The van der Waals surface area contributed by atoms with E-state index in [0.717, 1.165) is 0 Å². The molecule has 1 heterocycles. The first-order valence-corrected chi connectivity index (χ1v) is 8.44. The summed E-state index contributed by atoms with van der Waals surface area (Å²) in [6.07, 6.45) is 12.9. The van der Waals surface area contributed by atoms with Gasteiger partial charge in [0.15, 0.2) is 12.6 Å². The molecule has 0 radical (unpaired) electrons. The fourth-order valence-electron chi connectivity index (χ4n) is 3.46. The molecule has 0 amide bonds. The summed E-state index contributed by atoms with van der Waals surface area (Å²) in [7, 11) is 0. The molecule has 4 heteroatoms. The largest absolute Gasteiger partial charge is 0.347 e. The highest BCUT2D eigenvalue weighted by atomic mass is 16.8. The SMILES string of the molecule is C1CCC(O[C@@H]2CO[C@@H](OC3CCCCC3)CO2)CC1. The molecule has 116 valence electrons. The lowest BCUT2D eigenvalue weighted by atomic mass is 9.98. The second kappa shape index (κ2) is 7.74. The van der Waals surface area contributed by atoms with Crippen LogP contribution in [-0.4, -0.2) is 38.0 Å². The normalized spacial score (nSPS) is 34.2. The molecule has 20 heavy (non-hydrogen) atoms. The Hall–Kier alpha value is -0.160. The summed E-state index contributed by atoms with van der Waals surface area (Å²) in [4.78, 5) is 0. The van der Waals surface area contributed by atoms with E-state index in [-0.39, 0.29) is 12.6 Å². The van der Waals surface area contributed by atoms with Crippen LogP contribution in [0.2, 0.25) is 0 Å². The molecule has 1 aliphatic heterocycles. The highest BCUT2D eigenvalue weighted by Gasteiger charge is 2.28. The van der Waals surface area contributed by atoms with Crippen LogP contribution in [0.3, 0.4) is 0 Å². The van der Waals surface area contributed by atoms with E-state index in [1.165, 1.54) is 64.2 Å². The van der Waals surface area contributed by atoms with Gasteiger partial charge in [0.05, 0.1) is 12.2 Å². The zero-order valence-electron chi connectivity index (χ0n) is 12.4. The monoisotopic (exact) mass is 284 g/mol. The van der Waals surface area contributed by atoms with Crippen molar-refractivity contribution < 1.29 is 18.9 Å². The molecular formula is C16H28O4. The van der Waals surface area contributed by atoms with E-state index in [1.54, 1.807) is 0 Å². The van der Waals surface area contributed by atoms with Crippen molar-refractivity contribution in [2.45, 2.75) is 89.0 Å². The first kappa shape index (κ1) is 14.8. The standard InChI is InChI=1S/C16H28O4/c1-3-7-13(8-4-1)19-15-11-18-16(12-17-15)20-14-9-5-2-6-10-14/h13-16H,1-12H2/t15-,16+. The van der Waals surface area contributed by atoms with Crippen molar-refractivity contribution in [1.29, 1.82) is 0 Å². The van der Waals surface area contributed by atoms with E-state index in [4.69, 9.17) is 18.9 Å². The van der Waals surface area contributed by atoms with E-state index in [9.17, 15) is 0 Å². The van der Waals surface area contributed by atoms with Crippen LogP contribution in [0.4, 0.5) is 0 Å². The minimum Gasteiger partial charge on any atom is -0.347 e. The molecule has 0 aromatic rings. The molecule has 2 aliphatic carbocycles. The third-order valence-corrected chi connectivity index (χ3v) is 4.63. The van der Waals surface area contributed by atoms with Crippen LogP contribution < -0.4 is 0 Å². The molecule has 4 nitrogen and oxygen atoms in total. The zero-order chi connectivity index (χ0) is 13.6. The highest BCUT2D eigenvalue weighted by Crippen LogP contribution is 2.25. The molecule has 0 aromatic heterocycles. The Morgan fingerprint density at radius 3 is 1.30 bits per heavy atom. The number of hydrogen-bond acceptors (Lipinski definition) is 4. The predicted octanol–water partition coefficient (Wildman–Crippen LogP) is 3.38. The van der Waals surface area contributed by atoms with Crippen molar-refractivity contribution >= 4 is 0 Å². The van der Waals surface area contributed by atoms with Gasteiger partial charge in [-0.25, -0.2) is 0 Å². The van der Waals surface area contributed by atoms with Gasteiger partial charge in [-0.2, -0.15) is 0 Å². The lowest BCUT2D eigenvalue weighted by Crippen LogP contribution is -2.42. The Bertz CT molecular complexity index is 236. The smallest absolute Gasteiger partial charge is 0.181 e. The number of rotatable bonds is 4. The molecule has 0 bridgehead atoms. The number of hydrogen-bond donors (Lipinski definition) is 0. The highest BCUT2D eigenvalue weighted by molar-refractivity contribution is 4.69. The molecule has 2 saturated carbocycles. The van der Waals surface area contributed by atoms with Gasteiger partial charge in [-0.1, -0.05) is 38.5 Å². The summed E-state index contributed by atoms with van der Waals surface area (Å²) < 4.78 is 23.5. The molecule has 0 unspecified atom stereocenters. The van der Waals surface area contributed by atoms with Crippen LogP contribution >= 0.6 is 0 Å². The van der Waals surface area contributed by atoms with Gasteiger partial charge in [0.1, 0.15) is 13.2 Å². The molecule has 2 atom stereocenters. The topological polar surface area (TPSA) is 36.9 Å². The molecule has 3 aliphatic rings. The predicted molar refractivity (Wildman–Crippen MR) is 75.4 cm³/mol. The van der Waals surface area contributed by atoms with Crippen LogP contribution in [0.15, 0.2) is 0 Å². The van der Waals surface area contributed by atoms with E-state index >= 15 is 0 Å². The maximum atomic E-state index is 5.97. The summed E-state index contributed by atoms with van der Waals surface area (Å²) in [6.45, 7) is 1.02. The Morgan fingerprint density at radius 1 is 0.550 bits per heavy atom. The van der Waals surface area contributed by atoms with Crippen LogP contribution in [0, 0.1) is 0 Å². The third kappa shape index (κ3) is 4.42. The van der Waals surface area contributed by atoms with Crippen molar-refractivity contribution in [3.05, 3.63) is 0 Å². The summed E-state index contributed by atoms with van der Waals surface area (Å²) in [5, 5.41) is 0. The van der Waals surface area contributed by atoms with Crippen molar-refractivity contribution in [3.8, 4) is 0 Å². The van der Waals surface area contributed by atoms with E-state index in [2.05, 4.69) is 0 Å². The van der Waals surface area contributed by atoms with Gasteiger partial charge < -0.3 is 18.9 Å². The summed E-state index contributed by atoms with van der Waals surface area (Å²) in [6, 6.07) is 0. The second-order valence-corrected chi connectivity index (χ2v) is 6.32. The van der Waals surface area contributed by atoms with Gasteiger partial charge in [-0.05, 0) is 25.7 Å². The maximum absolute atomic E-state index is 5.97. The van der Waals surface area contributed by atoms with Crippen LogP contribution in [0.5, 0.6) is 0 Å². The van der Waals surface area contributed by atoms with E-state index < -0.39 is 0 Å². The van der Waals surface area contributed by atoms with Gasteiger partial charge in [0.2, 0.25) is 0 Å². The minimum absolute atomic E-state index is 0.190. The minimum atomic E-state index is -0.190. The Balaban J connectivity index is 1.33. The van der Waals surface area contributed by atoms with Gasteiger partial charge >= 0.3 is 0 Å². The third-order valence-electron chi connectivity index (χ3n) is 4.63. The van der Waals surface area contributed by atoms with E-state index in [1.807, 2.05) is 0 Å². The van der Waals surface area contributed by atoms with Gasteiger partial charge in [-0.15, -0.1) is 0 Å². The summed E-state index contributed by atoms with van der Waals surface area (Å²) in [5.74, 6) is 0. The van der Waals surface area contributed by atoms with Gasteiger partial charge in [0.25, 0.3) is 0 Å². The molecule has 0 N–H and O–H groups in total. The Labute approximate surface area is 122 Å². The van der Waals surface area contributed by atoms with Crippen LogP contribution in [0.1, 0.15) is 64.2 Å². The lowest BCUT2D eigenvalue weighted by Gasteiger charge is -2.35. The van der Waals surface area contributed by atoms with E-state index in [0.29, 0.717) is 25.4 Å². The van der Waals surface area contributed by atoms with Gasteiger partial charge in [-0.3, -0.25) is 0 Å². The van der Waals surface area contributed by atoms with Crippen LogP contribution in [0.25, 0.3) is 0 Å². The van der Waals surface area contributed by atoms with Crippen molar-refractivity contribution in [1.82, 2.24) is 0 Å². The molecule has 0 spiro atoms. The summed E-state index contributed by atoms with van der Waals surface area (Å²) >= 11 is 0. The quantitative estimate of drug-likeness (QED) is 0.793. The average molecular weight is 284 g/mol. The first-order chi connectivity index (χ1) is 9.90. The second-order valence-electron chi connectivity index (χ2n) is 6.32. The summed E-state index contributed by atoms with van der Waals surface area (Å²) in [5.41, 5.74) is 0. The fraction of sp³-hybridized carbons (Fsp3) is 1.00. The molecule has 3 fully saturated rings. The molecule has 3 rings (SSSR count). The maximum Gasteiger partial charge on any atom is 0.181 e. The Kier molecular flexibility index (Phi) is 5.71. The van der Waals surface area contributed by atoms with Crippen LogP contribution in [-0.2, 0) is 18.9 Å². The molecule has 1 saturated heterocycles. The van der Waals surface area contributed by atoms with Gasteiger partial charge in [0, 0.05) is 0 Å².